The number of primary amides is 1. The van der Waals surface area contributed by atoms with Crippen molar-refractivity contribution in [3.8, 4) is 5.69 Å². The molecule has 4 aromatic rings. The van der Waals surface area contributed by atoms with Crippen molar-refractivity contribution < 1.29 is 22.7 Å². The first kappa shape index (κ1) is 27.5. The lowest BCUT2D eigenvalue weighted by Crippen LogP contribution is -2.39. The Labute approximate surface area is 230 Å². The van der Waals surface area contributed by atoms with Crippen LogP contribution in [0.4, 0.5) is 5.69 Å². The number of nitrogens with zero attached hydrogens (tertiary/aromatic N) is 2. The van der Waals surface area contributed by atoms with Crippen molar-refractivity contribution in [2.45, 2.75) is 31.3 Å². The molecule has 0 atom stereocenters. The van der Waals surface area contributed by atoms with E-state index in [0.29, 0.717) is 16.6 Å². The molecule has 8 nitrogen and oxygen atoms in total. The van der Waals surface area contributed by atoms with Crippen LogP contribution in [0.3, 0.4) is 0 Å². The van der Waals surface area contributed by atoms with E-state index in [1.54, 1.807) is 69.4 Å². The summed E-state index contributed by atoms with van der Waals surface area (Å²) in [6.07, 6.45) is 1.79. The van der Waals surface area contributed by atoms with Gasteiger partial charge >= 0.3 is 5.97 Å². The van der Waals surface area contributed by atoms with Crippen molar-refractivity contribution in [2.24, 2.45) is 5.73 Å². The van der Waals surface area contributed by atoms with Crippen LogP contribution in [0, 0.1) is 0 Å². The van der Waals surface area contributed by atoms with Crippen LogP contribution >= 0.6 is 23.2 Å². The maximum absolute atomic E-state index is 13.8. The first-order chi connectivity index (χ1) is 17.7. The highest BCUT2D eigenvalue weighted by atomic mass is 35.5. The molecule has 0 aliphatic carbocycles. The summed E-state index contributed by atoms with van der Waals surface area (Å²) in [6, 6.07) is 17.6. The fraction of sp³-hybridized carbons (Fsp3) is 0.185. The average molecular weight is 574 g/mol. The molecule has 1 aromatic heterocycles. The predicted molar refractivity (Wildman–Crippen MR) is 149 cm³/mol. The lowest BCUT2D eigenvalue weighted by atomic mass is 10.2. The van der Waals surface area contributed by atoms with Gasteiger partial charge < -0.3 is 15.0 Å². The van der Waals surface area contributed by atoms with Gasteiger partial charge in [0.25, 0.3) is 10.0 Å². The van der Waals surface area contributed by atoms with Crippen LogP contribution in [0.1, 0.15) is 31.1 Å². The topological polar surface area (TPSA) is 112 Å². The number of esters is 1. The molecule has 1 heterocycles. The number of aromatic nitrogens is 1. The second-order valence-electron chi connectivity index (χ2n) is 9.55. The van der Waals surface area contributed by atoms with Crippen LogP contribution in [-0.4, -0.2) is 37.0 Å². The number of rotatable bonds is 7. The summed E-state index contributed by atoms with van der Waals surface area (Å²) in [5, 5.41) is 0.971. The number of hydrogen-bond donors (Lipinski definition) is 1. The molecule has 0 aliphatic rings. The Morgan fingerprint density at radius 1 is 0.974 bits per heavy atom. The normalized spacial score (nSPS) is 11.9. The molecule has 2 N–H and O–H groups in total. The SMILES string of the molecule is CC(C)(C)OC(=O)CN(c1ccc2c(ccn2-c2cccc(C(N)=O)c2)c1)S(=O)(=O)c1cc(Cl)cc(Cl)c1. The highest BCUT2D eigenvalue weighted by molar-refractivity contribution is 7.92. The molecule has 11 heteroatoms. The summed E-state index contributed by atoms with van der Waals surface area (Å²) in [4.78, 5) is 24.2. The van der Waals surface area contributed by atoms with Gasteiger partial charge in [-0.15, -0.1) is 0 Å². The number of benzene rings is 3. The standard InChI is InChI=1S/C27H25Cl2N3O5S/c1-27(2,3)37-25(33)16-32(38(35,36)23-14-19(28)13-20(29)15-23)22-7-8-24-17(11-22)9-10-31(24)21-6-4-5-18(12-21)26(30)34/h4-15H,16H2,1-3H3,(H2,30,34). The molecular weight excluding hydrogens is 549 g/mol. The zero-order valence-electron chi connectivity index (χ0n) is 20.8. The minimum Gasteiger partial charge on any atom is -0.459 e. The fourth-order valence-electron chi connectivity index (χ4n) is 3.93. The van der Waals surface area contributed by atoms with Gasteiger partial charge in [0.1, 0.15) is 12.1 Å². The lowest BCUT2D eigenvalue weighted by molar-refractivity contribution is -0.152. The smallest absolute Gasteiger partial charge is 0.327 e. The second kappa shape index (κ2) is 10.3. The Morgan fingerprint density at radius 2 is 1.66 bits per heavy atom. The van der Waals surface area contributed by atoms with Crippen molar-refractivity contribution in [3.05, 3.63) is 88.5 Å². The molecule has 0 saturated carbocycles. The maximum atomic E-state index is 13.8. The molecule has 0 fully saturated rings. The quantitative estimate of drug-likeness (QED) is 0.290. The summed E-state index contributed by atoms with van der Waals surface area (Å²) in [6.45, 7) is 4.52. The van der Waals surface area contributed by atoms with E-state index in [2.05, 4.69) is 0 Å². The molecule has 198 valence electrons. The Balaban J connectivity index is 1.81. The number of hydrogen-bond acceptors (Lipinski definition) is 5. The van der Waals surface area contributed by atoms with Crippen molar-refractivity contribution >= 4 is 61.7 Å². The summed E-state index contributed by atoms with van der Waals surface area (Å²) >= 11 is 12.2. The van der Waals surface area contributed by atoms with Gasteiger partial charge in [-0.1, -0.05) is 29.3 Å². The first-order valence-electron chi connectivity index (χ1n) is 11.5. The van der Waals surface area contributed by atoms with Crippen LogP contribution in [0.5, 0.6) is 0 Å². The van der Waals surface area contributed by atoms with Gasteiger partial charge in [-0.25, -0.2) is 8.42 Å². The molecule has 4 rings (SSSR count). The molecule has 0 saturated heterocycles. The van der Waals surface area contributed by atoms with Gasteiger partial charge in [0.05, 0.1) is 16.1 Å². The highest BCUT2D eigenvalue weighted by Crippen LogP contribution is 2.31. The third kappa shape index (κ3) is 5.96. The average Bonchev–Trinajstić information content (AvgIpc) is 3.24. The zero-order valence-corrected chi connectivity index (χ0v) is 23.1. The Morgan fingerprint density at radius 3 is 2.29 bits per heavy atom. The fourth-order valence-corrected chi connectivity index (χ4v) is 6.06. The van der Waals surface area contributed by atoms with Crippen molar-refractivity contribution in [2.75, 3.05) is 10.8 Å². The number of carbonyl (C=O) groups excluding carboxylic acids is 2. The van der Waals surface area contributed by atoms with E-state index < -0.39 is 34.0 Å². The number of fused-ring (bicyclic) bond motifs is 1. The molecule has 3 aromatic carbocycles. The summed E-state index contributed by atoms with van der Waals surface area (Å²) in [5.74, 6) is -1.27. The van der Waals surface area contributed by atoms with Crippen LogP contribution in [-0.2, 0) is 19.6 Å². The van der Waals surface area contributed by atoms with E-state index in [0.717, 1.165) is 9.82 Å². The Kier molecular flexibility index (Phi) is 7.47. The minimum atomic E-state index is -4.27. The summed E-state index contributed by atoms with van der Waals surface area (Å²) in [7, 11) is -4.27. The number of ether oxygens (including phenoxy) is 1. The van der Waals surface area contributed by atoms with E-state index in [9.17, 15) is 18.0 Å². The third-order valence-electron chi connectivity index (χ3n) is 5.49. The number of amides is 1. The molecule has 1 amide bonds. The molecule has 0 spiro atoms. The lowest BCUT2D eigenvalue weighted by Gasteiger charge is -2.26. The van der Waals surface area contributed by atoms with E-state index >= 15 is 0 Å². The van der Waals surface area contributed by atoms with Gasteiger partial charge in [0, 0.05) is 32.9 Å². The number of nitrogens with two attached hydrogens (primary N) is 1. The maximum Gasteiger partial charge on any atom is 0.327 e. The minimum absolute atomic E-state index is 0.138. The molecular formula is C27H25Cl2N3O5S. The van der Waals surface area contributed by atoms with Gasteiger partial charge in [0.15, 0.2) is 0 Å². The molecule has 0 unspecified atom stereocenters. The van der Waals surface area contributed by atoms with Crippen molar-refractivity contribution in [1.29, 1.82) is 0 Å². The van der Waals surface area contributed by atoms with Crippen LogP contribution in [0.25, 0.3) is 16.6 Å². The zero-order chi connectivity index (χ0) is 27.8. The van der Waals surface area contributed by atoms with E-state index in [1.807, 2.05) is 10.6 Å². The van der Waals surface area contributed by atoms with Crippen LogP contribution in [0.2, 0.25) is 10.0 Å². The van der Waals surface area contributed by atoms with Crippen molar-refractivity contribution in [3.63, 3.8) is 0 Å². The van der Waals surface area contributed by atoms with Crippen LogP contribution in [0.15, 0.2) is 77.8 Å². The largest absolute Gasteiger partial charge is 0.459 e. The Hall–Kier alpha value is -3.53. The molecule has 38 heavy (non-hydrogen) atoms. The highest BCUT2D eigenvalue weighted by Gasteiger charge is 2.30. The molecule has 0 radical (unpaired) electrons. The molecule has 0 aliphatic heterocycles. The van der Waals surface area contributed by atoms with Crippen molar-refractivity contribution in [1.82, 2.24) is 4.57 Å². The van der Waals surface area contributed by atoms with Crippen LogP contribution < -0.4 is 10.0 Å². The third-order valence-corrected chi connectivity index (χ3v) is 7.68. The number of halogens is 2. The van der Waals surface area contributed by atoms with E-state index in [4.69, 9.17) is 33.7 Å². The van der Waals surface area contributed by atoms with E-state index in [-0.39, 0.29) is 20.6 Å². The van der Waals surface area contributed by atoms with Gasteiger partial charge in [-0.2, -0.15) is 0 Å². The number of carbonyl (C=O) groups is 2. The van der Waals surface area contributed by atoms with Gasteiger partial charge in [-0.05, 0) is 81.4 Å². The molecule has 0 bridgehead atoms. The first-order valence-corrected chi connectivity index (χ1v) is 13.7. The van der Waals surface area contributed by atoms with E-state index in [1.165, 1.54) is 18.2 Å². The number of anilines is 1. The summed E-state index contributed by atoms with van der Waals surface area (Å²) < 4.78 is 35.7. The van der Waals surface area contributed by atoms with Gasteiger partial charge in [-0.3, -0.25) is 13.9 Å². The van der Waals surface area contributed by atoms with Gasteiger partial charge in [0.2, 0.25) is 5.91 Å². The Bertz CT molecular complexity index is 1640. The monoisotopic (exact) mass is 573 g/mol. The summed E-state index contributed by atoms with van der Waals surface area (Å²) in [5.41, 5.74) is 6.66. The number of sulfonamides is 1. The second-order valence-corrected chi connectivity index (χ2v) is 12.3. The predicted octanol–water partition coefficient (Wildman–Crippen LogP) is 5.57.